The molecule has 11 heavy (non-hydrogen) atoms. The molecule has 0 aromatic rings. The molecule has 0 aliphatic carbocycles. The van der Waals surface area contributed by atoms with Gasteiger partial charge in [-0.25, -0.2) is 0 Å². The first kappa shape index (κ1) is 10.9. The van der Waals surface area contributed by atoms with E-state index in [0.717, 1.165) is 25.5 Å². The predicted molar refractivity (Wildman–Crippen MR) is 44.9 cm³/mol. The Morgan fingerprint density at radius 2 is 1.91 bits per heavy atom. The third-order valence-electron chi connectivity index (χ3n) is 1.38. The maximum absolute atomic E-state index is 10.7. The maximum atomic E-state index is 10.7. The highest BCUT2D eigenvalue weighted by molar-refractivity contribution is 7.86. The summed E-state index contributed by atoms with van der Waals surface area (Å²) in [6.07, 6.45) is 3.47. The van der Waals surface area contributed by atoms with Crippen LogP contribution in [0.15, 0.2) is 0 Å². The molecule has 4 heteroatoms. The van der Waals surface area contributed by atoms with Crippen molar-refractivity contribution in [2.24, 2.45) is 0 Å². The molecule has 0 radical (unpaired) electrons. The summed E-state index contributed by atoms with van der Waals surface area (Å²) in [6, 6.07) is 0. The van der Waals surface area contributed by atoms with Gasteiger partial charge in [0.15, 0.2) is 0 Å². The third kappa shape index (κ3) is 6.31. The number of rotatable bonds is 5. The topological polar surface area (TPSA) is 43.4 Å². The minimum Gasteiger partial charge on any atom is -0.267 e. The first-order chi connectivity index (χ1) is 4.99. The van der Waals surface area contributed by atoms with E-state index in [1.165, 1.54) is 0 Å². The van der Waals surface area contributed by atoms with E-state index in [1.54, 1.807) is 0 Å². The van der Waals surface area contributed by atoms with Crippen LogP contribution in [0.2, 0.25) is 0 Å². The molecular weight excluding hydrogens is 164 g/mol. The second-order valence-corrected chi connectivity index (χ2v) is 4.22. The Morgan fingerprint density at radius 1 is 1.36 bits per heavy atom. The molecule has 3 nitrogen and oxygen atoms in total. The van der Waals surface area contributed by atoms with E-state index in [4.69, 9.17) is 4.18 Å². The molecule has 0 amide bonds. The molecule has 0 heterocycles. The van der Waals surface area contributed by atoms with Gasteiger partial charge in [-0.05, 0) is 12.8 Å². The van der Waals surface area contributed by atoms with E-state index in [2.05, 4.69) is 0 Å². The molecule has 0 aromatic carbocycles. The summed E-state index contributed by atoms with van der Waals surface area (Å²) in [5, 5.41) is 0. The Hall–Kier alpha value is -0.0900. The molecule has 0 saturated heterocycles. The second-order valence-electron chi connectivity index (χ2n) is 2.62. The Morgan fingerprint density at radius 3 is 2.18 bits per heavy atom. The summed E-state index contributed by atoms with van der Waals surface area (Å²) in [7, 11) is -3.26. The van der Waals surface area contributed by atoms with Crippen molar-refractivity contribution in [2.75, 3.05) is 6.26 Å². The van der Waals surface area contributed by atoms with Crippen LogP contribution in [-0.2, 0) is 14.3 Å². The Kier molecular flexibility index (Phi) is 4.68. The van der Waals surface area contributed by atoms with Gasteiger partial charge in [0.2, 0.25) is 0 Å². The molecule has 0 aliphatic heterocycles. The van der Waals surface area contributed by atoms with Gasteiger partial charge in [0.1, 0.15) is 0 Å². The monoisotopic (exact) mass is 180 g/mol. The van der Waals surface area contributed by atoms with Crippen LogP contribution >= 0.6 is 0 Å². The van der Waals surface area contributed by atoms with Gasteiger partial charge in [-0.2, -0.15) is 8.42 Å². The molecule has 0 spiro atoms. The van der Waals surface area contributed by atoms with E-state index in [0.29, 0.717) is 0 Å². The highest BCUT2D eigenvalue weighted by Crippen LogP contribution is 2.08. The second kappa shape index (κ2) is 4.72. The highest BCUT2D eigenvalue weighted by atomic mass is 32.2. The van der Waals surface area contributed by atoms with E-state index in [-0.39, 0.29) is 6.10 Å². The number of hydrogen-bond donors (Lipinski definition) is 0. The molecule has 0 fully saturated rings. The van der Waals surface area contributed by atoms with E-state index in [1.807, 2.05) is 13.8 Å². The van der Waals surface area contributed by atoms with E-state index >= 15 is 0 Å². The molecule has 0 saturated carbocycles. The zero-order valence-electron chi connectivity index (χ0n) is 7.33. The summed E-state index contributed by atoms with van der Waals surface area (Å²) in [5.41, 5.74) is 0. The van der Waals surface area contributed by atoms with Crippen LogP contribution in [0.1, 0.15) is 33.1 Å². The molecule has 0 N–H and O–H groups in total. The molecule has 0 aromatic heterocycles. The lowest BCUT2D eigenvalue weighted by Crippen LogP contribution is -2.16. The predicted octanol–water partition coefficient (Wildman–Crippen LogP) is 1.54. The molecule has 0 unspecified atom stereocenters. The molecule has 0 bridgehead atoms. The van der Waals surface area contributed by atoms with Crippen molar-refractivity contribution in [2.45, 2.75) is 39.2 Å². The molecular formula is C7H16O3S. The molecule has 0 rings (SSSR count). The lowest BCUT2D eigenvalue weighted by atomic mass is 10.2. The van der Waals surface area contributed by atoms with Gasteiger partial charge < -0.3 is 0 Å². The minimum absolute atomic E-state index is 0.130. The fourth-order valence-corrected chi connectivity index (χ4v) is 1.62. The Labute approximate surface area is 68.9 Å². The SMILES string of the molecule is CCC[C@@H](CC)OS(C)(=O)=O. The van der Waals surface area contributed by atoms with Crippen LogP contribution in [0.3, 0.4) is 0 Å². The summed E-state index contributed by atoms with van der Waals surface area (Å²) < 4.78 is 26.1. The van der Waals surface area contributed by atoms with E-state index in [9.17, 15) is 8.42 Å². The van der Waals surface area contributed by atoms with Crippen LogP contribution in [0.25, 0.3) is 0 Å². The van der Waals surface area contributed by atoms with Gasteiger partial charge in [0.25, 0.3) is 10.1 Å². The third-order valence-corrected chi connectivity index (χ3v) is 2.00. The summed E-state index contributed by atoms with van der Waals surface area (Å²) in [4.78, 5) is 0. The van der Waals surface area contributed by atoms with Crippen LogP contribution in [0.5, 0.6) is 0 Å². The first-order valence-corrected chi connectivity index (χ1v) is 5.69. The van der Waals surface area contributed by atoms with Crippen molar-refractivity contribution < 1.29 is 12.6 Å². The average molecular weight is 180 g/mol. The smallest absolute Gasteiger partial charge is 0.264 e. The normalized spacial score (nSPS) is 14.8. The lowest BCUT2D eigenvalue weighted by molar-refractivity contribution is 0.195. The van der Waals surface area contributed by atoms with Gasteiger partial charge in [0.05, 0.1) is 12.4 Å². The zero-order chi connectivity index (χ0) is 8.91. The van der Waals surface area contributed by atoms with Gasteiger partial charge in [0, 0.05) is 0 Å². The van der Waals surface area contributed by atoms with Crippen molar-refractivity contribution in [3.63, 3.8) is 0 Å². The first-order valence-electron chi connectivity index (χ1n) is 3.87. The number of hydrogen-bond acceptors (Lipinski definition) is 3. The quantitative estimate of drug-likeness (QED) is 0.603. The lowest BCUT2D eigenvalue weighted by Gasteiger charge is -2.11. The molecule has 1 atom stereocenters. The molecule has 0 aliphatic rings. The standard InChI is InChI=1S/C7H16O3S/c1-4-6-7(5-2)10-11(3,8)9/h7H,4-6H2,1-3H3/t7-/m1/s1. The summed E-state index contributed by atoms with van der Waals surface area (Å²) in [6.45, 7) is 3.93. The Balaban J connectivity index is 3.88. The van der Waals surface area contributed by atoms with Gasteiger partial charge in [-0.1, -0.05) is 20.3 Å². The van der Waals surface area contributed by atoms with Crippen molar-refractivity contribution in [3.05, 3.63) is 0 Å². The van der Waals surface area contributed by atoms with Crippen molar-refractivity contribution in [1.29, 1.82) is 0 Å². The molecule has 68 valence electrons. The minimum atomic E-state index is -3.26. The largest absolute Gasteiger partial charge is 0.267 e. The summed E-state index contributed by atoms with van der Waals surface area (Å²) >= 11 is 0. The van der Waals surface area contributed by atoms with E-state index < -0.39 is 10.1 Å². The summed E-state index contributed by atoms with van der Waals surface area (Å²) in [5.74, 6) is 0. The van der Waals surface area contributed by atoms with Crippen LogP contribution in [-0.4, -0.2) is 20.8 Å². The van der Waals surface area contributed by atoms with Gasteiger partial charge in [-0.3, -0.25) is 4.18 Å². The van der Waals surface area contributed by atoms with Crippen LogP contribution in [0, 0.1) is 0 Å². The Bertz CT molecular complexity index is 184. The highest BCUT2D eigenvalue weighted by Gasteiger charge is 2.11. The van der Waals surface area contributed by atoms with Crippen molar-refractivity contribution in [3.8, 4) is 0 Å². The van der Waals surface area contributed by atoms with Crippen LogP contribution < -0.4 is 0 Å². The maximum Gasteiger partial charge on any atom is 0.264 e. The van der Waals surface area contributed by atoms with Crippen LogP contribution in [0.4, 0.5) is 0 Å². The zero-order valence-corrected chi connectivity index (χ0v) is 8.15. The fourth-order valence-electron chi connectivity index (χ4n) is 0.889. The average Bonchev–Trinajstić information content (AvgIpc) is 1.84. The van der Waals surface area contributed by atoms with Crippen molar-refractivity contribution >= 4 is 10.1 Å². The van der Waals surface area contributed by atoms with Gasteiger partial charge >= 0.3 is 0 Å². The van der Waals surface area contributed by atoms with Crippen molar-refractivity contribution in [1.82, 2.24) is 0 Å². The fraction of sp³-hybridized carbons (Fsp3) is 1.00. The van der Waals surface area contributed by atoms with Gasteiger partial charge in [-0.15, -0.1) is 0 Å².